The number of benzene rings is 1. The maximum absolute atomic E-state index is 13.1. The van der Waals surface area contributed by atoms with Crippen LogP contribution in [0.5, 0.6) is 0 Å². The van der Waals surface area contributed by atoms with Gasteiger partial charge in [0.25, 0.3) is 0 Å². The molecule has 0 fully saturated rings. The molecule has 16 heavy (non-hydrogen) atoms. The van der Waals surface area contributed by atoms with Crippen molar-refractivity contribution < 1.29 is 22.0 Å². The molecule has 2 nitrogen and oxygen atoms in total. The third-order valence-corrected chi connectivity index (χ3v) is 1.77. The first kappa shape index (κ1) is 12.5. The molecule has 0 spiro atoms. The molecular formula is C9H9F5N2. The molecule has 0 saturated heterocycles. The predicted octanol–water partition coefficient (Wildman–Crippen LogP) is 2.91. The monoisotopic (exact) mass is 240 g/mol. The summed E-state index contributed by atoms with van der Waals surface area (Å²) in [6, 6.07) is 1.66. The number of anilines is 2. The number of rotatable bonds is 3. The standard InChI is InChI=1S/C9H9F5N2/c10-6-3-5(15)4-7(11)8(6)16-2-1-9(12,13)14/h3-4,16H,1-2,15H2. The van der Waals surface area contributed by atoms with Crippen LogP contribution in [-0.2, 0) is 0 Å². The zero-order valence-corrected chi connectivity index (χ0v) is 8.04. The minimum absolute atomic E-state index is 0.128. The molecule has 0 aliphatic heterocycles. The van der Waals surface area contributed by atoms with Gasteiger partial charge in [-0.1, -0.05) is 0 Å². The van der Waals surface area contributed by atoms with Gasteiger partial charge in [0.2, 0.25) is 0 Å². The number of hydrogen-bond acceptors (Lipinski definition) is 2. The van der Waals surface area contributed by atoms with Gasteiger partial charge in [0, 0.05) is 12.2 Å². The average molecular weight is 240 g/mol. The Kier molecular flexibility index (Phi) is 3.56. The Morgan fingerprint density at radius 1 is 1.12 bits per heavy atom. The van der Waals surface area contributed by atoms with Gasteiger partial charge in [-0.05, 0) is 12.1 Å². The summed E-state index contributed by atoms with van der Waals surface area (Å²) >= 11 is 0. The van der Waals surface area contributed by atoms with Crippen LogP contribution in [0, 0.1) is 11.6 Å². The lowest BCUT2D eigenvalue weighted by Gasteiger charge is -2.10. The lowest BCUT2D eigenvalue weighted by atomic mass is 10.2. The van der Waals surface area contributed by atoms with E-state index in [1.165, 1.54) is 0 Å². The first-order valence-corrected chi connectivity index (χ1v) is 4.35. The number of halogens is 5. The fourth-order valence-electron chi connectivity index (χ4n) is 1.09. The number of nitrogen functional groups attached to an aromatic ring is 1. The maximum atomic E-state index is 13.1. The van der Waals surface area contributed by atoms with Gasteiger partial charge < -0.3 is 11.1 Å². The van der Waals surface area contributed by atoms with Crippen LogP contribution in [0.25, 0.3) is 0 Å². The molecule has 90 valence electrons. The van der Waals surface area contributed by atoms with Crippen LogP contribution in [0.1, 0.15) is 6.42 Å². The van der Waals surface area contributed by atoms with E-state index in [0.29, 0.717) is 0 Å². The van der Waals surface area contributed by atoms with Crippen molar-refractivity contribution in [3.63, 3.8) is 0 Å². The van der Waals surface area contributed by atoms with Crippen molar-refractivity contribution in [2.24, 2.45) is 0 Å². The summed E-state index contributed by atoms with van der Waals surface area (Å²) in [5.74, 6) is -2.03. The molecule has 0 amide bonds. The van der Waals surface area contributed by atoms with E-state index in [0.717, 1.165) is 12.1 Å². The van der Waals surface area contributed by atoms with Crippen LogP contribution in [0.15, 0.2) is 12.1 Å². The summed E-state index contributed by atoms with van der Waals surface area (Å²) in [6.45, 7) is -0.596. The van der Waals surface area contributed by atoms with Crippen LogP contribution < -0.4 is 11.1 Å². The lowest BCUT2D eigenvalue weighted by Crippen LogP contribution is -2.15. The summed E-state index contributed by atoms with van der Waals surface area (Å²) in [5.41, 5.74) is 4.41. The van der Waals surface area contributed by atoms with Gasteiger partial charge in [0.15, 0.2) is 11.6 Å². The van der Waals surface area contributed by atoms with Gasteiger partial charge in [0.1, 0.15) is 5.69 Å². The molecule has 0 radical (unpaired) electrons. The van der Waals surface area contributed by atoms with Crippen molar-refractivity contribution in [3.05, 3.63) is 23.8 Å². The Hall–Kier alpha value is -1.53. The first-order chi connectivity index (χ1) is 7.29. The average Bonchev–Trinajstić information content (AvgIpc) is 2.07. The van der Waals surface area contributed by atoms with Gasteiger partial charge in [-0.15, -0.1) is 0 Å². The zero-order chi connectivity index (χ0) is 12.3. The highest BCUT2D eigenvalue weighted by atomic mass is 19.4. The number of nitrogens with one attached hydrogen (secondary N) is 1. The molecule has 0 bridgehead atoms. The Bertz CT molecular complexity index is 352. The zero-order valence-electron chi connectivity index (χ0n) is 8.04. The molecule has 1 rings (SSSR count). The van der Waals surface area contributed by atoms with Crippen molar-refractivity contribution in [2.75, 3.05) is 17.6 Å². The molecule has 0 aliphatic carbocycles. The lowest BCUT2D eigenvalue weighted by molar-refractivity contribution is -0.131. The molecule has 0 aliphatic rings. The van der Waals surface area contributed by atoms with Crippen molar-refractivity contribution in [2.45, 2.75) is 12.6 Å². The van der Waals surface area contributed by atoms with Crippen LogP contribution in [0.2, 0.25) is 0 Å². The van der Waals surface area contributed by atoms with E-state index < -0.39 is 36.5 Å². The topological polar surface area (TPSA) is 38.0 Å². The van der Waals surface area contributed by atoms with E-state index in [2.05, 4.69) is 0 Å². The second-order valence-corrected chi connectivity index (χ2v) is 3.15. The van der Waals surface area contributed by atoms with Crippen molar-refractivity contribution in [1.82, 2.24) is 0 Å². The summed E-state index contributed by atoms with van der Waals surface area (Å²) in [7, 11) is 0. The SMILES string of the molecule is Nc1cc(F)c(NCCC(F)(F)F)c(F)c1. The van der Waals surface area contributed by atoms with E-state index in [-0.39, 0.29) is 5.69 Å². The van der Waals surface area contributed by atoms with Gasteiger partial charge >= 0.3 is 6.18 Å². The molecule has 0 heterocycles. The second-order valence-electron chi connectivity index (χ2n) is 3.15. The predicted molar refractivity (Wildman–Crippen MR) is 49.9 cm³/mol. The third kappa shape index (κ3) is 3.56. The number of hydrogen-bond donors (Lipinski definition) is 2. The Morgan fingerprint density at radius 2 is 1.62 bits per heavy atom. The Labute approximate surface area is 88.2 Å². The van der Waals surface area contributed by atoms with E-state index in [1.807, 2.05) is 5.32 Å². The van der Waals surface area contributed by atoms with Gasteiger partial charge in [-0.25, -0.2) is 8.78 Å². The normalized spacial score (nSPS) is 11.6. The van der Waals surface area contributed by atoms with Crippen LogP contribution in [0.4, 0.5) is 33.3 Å². The fraction of sp³-hybridized carbons (Fsp3) is 0.333. The second kappa shape index (κ2) is 4.54. The highest BCUT2D eigenvalue weighted by Crippen LogP contribution is 2.23. The minimum atomic E-state index is -4.37. The van der Waals surface area contributed by atoms with Crippen LogP contribution >= 0.6 is 0 Å². The highest BCUT2D eigenvalue weighted by molar-refractivity contribution is 5.53. The smallest absolute Gasteiger partial charge is 0.390 e. The molecule has 0 aromatic heterocycles. The first-order valence-electron chi connectivity index (χ1n) is 4.35. The summed E-state index contributed by atoms with van der Waals surface area (Å²) in [4.78, 5) is 0. The molecule has 1 aromatic rings. The Balaban J connectivity index is 2.68. The van der Waals surface area contributed by atoms with Crippen molar-refractivity contribution in [1.29, 1.82) is 0 Å². The third-order valence-electron chi connectivity index (χ3n) is 1.77. The van der Waals surface area contributed by atoms with Gasteiger partial charge in [-0.2, -0.15) is 13.2 Å². The molecule has 3 N–H and O–H groups in total. The molecular weight excluding hydrogens is 231 g/mol. The van der Waals surface area contributed by atoms with Crippen LogP contribution in [-0.4, -0.2) is 12.7 Å². The molecule has 0 unspecified atom stereocenters. The fourth-order valence-corrected chi connectivity index (χ4v) is 1.09. The largest absolute Gasteiger partial charge is 0.399 e. The summed E-state index contributed by atoms with van der Waals surface area (Å²) in [5, 5.41) is 2.04. The highest BCUT2D eigenvalue weighted by Gasteiger charge is 2.26. The molecule has 0 atom stereocenters. The minimum Gasteiger partial charge on any atom is -0.399 e. The number of nitrogens with two attached hydrogens (primary N) is 1. The Morgan fingerprint density at radius 3 is 2.06 bits per heavy atom. The van der Waals surface area contributed by atoms with Crippen molar-refractivity contribution >= 4 is 11.4 Å². The van der Waals surface area contributed by atoms with E-state index in [4.69, 9.17) is 5.73 Å². The van der Waals surface area contributed by atoms with E-state index in [1.54, 1.807) is 0 Å². The quantitative estimate of drug-likeness (QED) is 0.629. The molecule has 7 heteroatoms. The van der Waals surface area contributed by atoms with E-state index in [9.17, 15) is 22.0 Å². The molecule has 1 aromatic carbocycles. The number of alkyl halides is 3. The maximum Gasteiger partial charge on any atom is 0.390 e. The summed E-state index contributed by atoms with van der Waals surface area (Å²) < 4.78 is 61.5. The summed E-state index contributed by atoms with van der Waals surface area (Å²) in [6.07, 6.45) is -5.54. The van der Waals surface area contributed by atoms with Crippen molar-refractivity contribution in [3.8, 4) is 0 Å². The molecule has 0 saturated carbocycles. The van der Waals surface area contributed by atoms with E-state index >= 15 is 0 Å². The van der Waals surface area contributed by atoms with Gasteiger partial charge in [0.05, 0.1) is 6.42 Å². The van der Waals surface area contributed by atoms with Crippen LogP contribution in [0.3, 0.4) is 0 Å². The van der Waals surface area contributed by atoms with Gasteiger partial charge in [-0.3, -0.25) is 0 Å².